The van der Waals surface area contributed by atoms with Gasteiger partial charge in [-0.2, -0.15) is 0 Å². The Kier molecular flexibility index (Phi) is 3.53. The maximum atomic E-state index is 6.18. The van der Waals surface area contributed by atoms with E-state index >= 15 is 0 Å². The predicted octanol–water partition coefficient (Wildman–Crippen LogP) is 5.02. The molecular formula is C16H15Cl2NO. The Morgan fingerprint density at radius 3 is 2.75 bits per heavy atom. The molecule has 2 nitrogen and oxygen atoms in total. The minimum absolute atomic E-state index is 0.163. The van der Waals surface area contributed by atoms with Gasteiger partial charge in [0, 0.05) is 21.3 Å². The number of benzene rings is 2. The molecule has 0 amide bonds. The zero-order chi connectivity index (χ0) is 14.3. The lowest BCUT2D eigenvalue weighted by molar-refractivity contribution is 0.407. The SMILES string of the molecule is COc1ccc(Cl)cc1C1Cc2ccc(Cl)c(C)c2N1. The van der Waals surface area contributed by atoms with Crippen molar-refractivity contribution in [3.63, 3.8) is 0 Å². The molecule has 2 aromatic rings. The third-order valence-electron chi connectivity index (χ3n) is 3.79. The molecule has 0 radical (unpaired) electrons. The summed E-state index contributed by atoms with van der Waals surface area (Å²) in [6.07, 6.45) is 0.907. The lowest BCUT2D eigenvalue weighted by Crippen LogP contribution is -2.08. The molecule has 1 aliphatic heterocycles. The van der Waals surface area contributed by atoms with E-state index in [-0.39, 0.29) is 6.04 Å². The van der Waals surface area contributed by atoms with Gasteiger partial charge in [0.2, 0.25) is 0 Å². The standard InChI is InChI=1S/C16H15Cl2NO/c1-9-13(18)5-3-10-7-14(19-16(9)10)12-8-11(17)4-6-15(12)20-2/h3-6,8,14,19H,7H2,1-2H3. The lowest BCUT2D eigenvalue weighted by Gasteiger charge is -2.16. The van der Waals surface area contributed by atoms with Crippen LogP contribution in [0.15, 0.2) is 30.3 Å². The molecule has 0 fully saturated rings. The van der Waals surface area contributed by atoms with Gasteiger partial charge < -0.3 is 10.1 Å². The fourth-order valence-corrected chi connectivity index (χ4v) is 3.06. The van der Waals surface area contributed by atoms with Crippen LogP contribution in [0.5, 0.6) is 5.75 Å². The summed E-state index contributed by atoms with van der Waals surface area (Å²) >= 11 is 12.3. The van der Waals surface area contributed by atoms with Crippen LogP contribution in [-0.4, -0.2) is 7.11 Å². The van der Waals surface area contributed by atoms with E-state index in [1.807, 2.05) is 31.2 Å². The quantitative estimate of drug-likeness (QED) is 0.841. The summed E-state index contributed by atoms with van der Waals surface area (Å²) in [5.41, 5.74) is 4.57. The molecule has 0 aliphatic carbocycles. The van der Waals surface area contributed by atoms with E-state index in [2.05, 4.69) is 11.4 Å². The molecule has 1 aliphatic rings. The molecule has 1 N–H and O–H groups in total. The van der Waals surface area contributed by atoms with Gasteiger partial charge in [-0.05, 0) is 48.7 Å². The van der Waals surface area contributed by atoms with Gasteiger partial charge in [0.1, 0.15) is 5.75 Å². The predicted molar refractivity (Wildman–Crippen MR) is 84.3 cm³/mol. The maximum Gasteiger partial charge on any atom is 0.124 e. The first-order chi connectivity index (χ1) is 9.60. The maximum absolute atomic E-state index is 6.18. The van der Waals surface area contributed by atoms with E-state index < -0.39 is 0 Å². The Balaban J connectivity index is 2.00. The van der Waals surface area contributed by atoms with Crippen LogP contribution in [0.1, 0.15) is 22.7 Å². The highest BCUT2D eigenvalue weighted by atomic mass is 35.5. The molecule has 2 aromatic carbocycles. The zero-order valence-corrected chi connectivity index (χ0v) is 12.8. The van der Waals surface area contributed by atoms with Crippen LogP contribution >= 0.6 is 23.2 Å². The van der Waals surface area contributed by atoms with Crippen LogP contribution in [0, 0.1) is 6.92 Å². The molecule has 1 unspecified atom stereocenters. The normalized spacial score (nSPS) is 16.7. The van der Waals surface area contributed by atoms with Gasteiger partial charge in [0.15, 0.2) is 0 Å². The van der Waals surface area contributed by atoms with Crippen molar-refractivity contribution in [2.24, 2.45) is 0 Å². The Hall–Kier alpha value is -1.38. The fourth-order valence-electron chi connectivity index (χ4n) is 2.72. The third kappa shape index (κ3) is 2.23. The highest BCUT2D eigenvalue weighted by Crippen LogP contribution is 2.41. The molecule has 0 bridgehead atoms. The van der Waals surface area contributed by atoms with Gasteiger partial charge in [-0.25, -0.2) is 0 Å². The van der Waals surface area contributed by atoms with Crippen molar-refractivity contribution in [3.8, 4) is 5.75 Å². The van der Waals surface area contributed by atoms with Crippen LogP contribution < -0.4 is 10.1 Å². The average Bonchev–Trinajstić information content (AvgIpc) is 2.88. The zero-order valence-electron chi connectivity index (χ0n) is 11.3. The minimum Gasteiger partial charge on any atom is -0.496 e. The Labute approximate surface area is 128 Å². The highest BCUT2D eigenvalue weighted by molar-refractivity contribution is 6.31. The van der Waals surface area contributed by atoms with Crippen molar-refractivity contribution in [3.05, 3.63) is 57.1 Å². The summed E-state index contributed by atoms with van der Waals surface area (Å²) in [6.45, 7) is 2.03. The van der Waals surface area contributed by atoms with Gasteiger partial charge in [-0.15, -0.1) is 0 Å². The van der Waals surface area contributed by atoms with Crippen molar-refractivity contribution >= 4 is 28.9 Å². The second kappa shape index (κ2) is 5.19. The van der Waals surface area contributed by atoms with Crippen molar-refractivity contribution in [1.82, 2.24) is 0 Å². The lowest BCUT2D eigenvalue weighted by atomic mass is 10.0. The summed E-state index contributed by atoms with van der Waals surface area (Å²) < 4.78 is 5.44. The number of fused-ring (bicyclic) bond motifs is 1. The van der Waals surface area contributed by atoms with E-state index in [1.54, 1.807) is 7.11 Å². The summed E-state index contributed by atoms with van der Waals surface area (Å²) in [4.78, 5) is 0. The monoisotopic (exact) mass is 307 g/mol. The number of methoxy groups -OCH3 is 1. The van der Waals surface area contributed by atoms with E-state index in [0.717, 1.165) is 34.0 Å². The van der Waals surface area contributed by atoms with Gasteiger partial charge in [0.05, 0.1) is 13.2 Å². The second-order valence-electron chi connectivity index (χ2n) is 4.99. The molecule has 1 atom stereocenters. The molecule has 1 heterocycles. The summed E-state index contributed by atoms with van der Waals surface area (Å²) in [5, 5.41) is 5.04. The largest absolute Gasteiger partial charge is 0.496 e. The van der Waals surface area contributed by atoms with E-state index in [1.165, 1.54) is 5.56 Å². The first-order valence-electron chi connectivity index (χ1n) is 6.48. The van der Waals surface area contributed by atoms with Gasteiger partial charge in [0.25, 0.3) is 0 Å². The second-order valence-corrected chi connectivity index (χ2v) is 5.84. The highest BCUT2D eigenvalue weighted by Gasteiger charge is 2.26. The van der Waals surface area contributed by atoms with Crippen LogP contribution in [0.25, 0.3) is 0 Å². The molecule has 0 spiro atoms. The Morgan fingerprint density at radius 1 is 1.20 bits per heavy atom. The Bertz CT molecular complexity index is 670. The molecule has 0 saturated heterocycles. The van der Waals surface area contributed by atoms with Crippen molar-refractivity contribution in [2.75, 3.05) is 12.4 Å². The first kappa shape index (κ1) is 13.6. The molecule has 20 heavy (non-hydrogen) atoms. The van der Waals surface area contributed by atoms with Crippen LogP contribution in [0.4, 0.5) is 5.69 Å². The number of ether oxygens (including phenoxy) is 1. The smallest absolute Gasteiger partial charge is 0.124 e. The summed E-state index contributed by atoms with van der Waals surface area (Å²) in [5.74, 6) is 0.850. The van der Waals surface area contributed by atoms with Crippen LogP contribution in [0.2, 0.25) is 10.0 Å². The van der Waals surface area contributed by atoms with Gasteiger partial charge in [-0.3, -0.25) is 0 Å². The number of anilines is 1. The topological polar surface area (TPSA) is 21.3 Å². The molecular weight excluding hydrogens is 293 g/mol. The first-order valence-corrected chi connectivity index (χ1v) is 7.23. The van der Waals surface area contributed by atoms with Gasteiger partial charge >= 0.3 is 0 Å². The third-order valence-corrected chi connectivity index (χ3v) is 4.44. The molecule has 0 saturated carbocycles. The van der Waals surface area contributed by atoms with Crippen molar-refractivity contribution in [2.45, 2.75) is 19.4 Å². The van der Waals surface area contributed by atoms with E-state index in [4.69, 9.17) is 27.9 Å². The number of hydrogen-bond acceptors (Lipinski definition) is 2. The van der Waals surface area contributed by atoms with Crippen LogP contribution in [-0.2, 0) is 6.42 Å². The number of halogens is 2. The summed E-state index contributed by atoms with van der Waals surface area (Å²) in [7, 11) is 1.68. The van der Waals surface area contributed by atoms with E-state index in [9.17, 15) is 0 Å². The number of rotatable bonds is 2. The van der Waals surface area contributed by atoms with Crippen LogP contribution in [0.3, 0.4) is 0 Å². The van der Waals surface area contributed by atoms with E-state index in [0.29, 0.717) is 5.02 Å². The molecule has 104 valence electrons. The molecule has 0 aromatic heterocycles. The van der Waals surface area contributed by atoms with Crippen molar-refractivity contribution < 1.29 is 4.74 Å². The Morgan fingerprint density at radius 2 is 2.00 bits per heavy atom. The minimum atomic E-state index is 0.163. The summed E-state index contributed by atoms with van der Waals surface area (Å²) in [6, 6.07) is 9.90. The van der Waals surface area contributed by atoms with Gasteiger partial charge in [-0.1, -0.05) is 29.3 Å². The number of hydrogen-bond donors (Lipinski definition) is 1. The van der Waals surface area contributed by atoms with Crippen molar-refractivity contribution in [1.29, 1.82) is 0 Å². The molecule has 4 heteroatoms. The fraction of sp³-hybridized carbons (Fsp3) is 0.250. The average molecular weight is 308 g/mol. The molecule has 3 rings (SSSR count). The number of nitrogens with one attached hydrogen (secondary N) is 1.